The van der Waals surface area contributed by atoms with E-state index in [0.717, 1.165) is 31.6 Å². The molecule has 1 fully saturated rings. The number of Topliss-reactive ketones (excluding diaryl/α,β-unsaturated/α-hetero) is 1. The second-order valence-corrected chi connectivity index (χ2v) is 8.36. The van der Waals surface area contributed by atoms with Gasteiger partial charge in [0.05, 0.1) is 5.60 Å². The number of hydrogen-bond donors (Lipinski definition) is 3. The summed E-state index contributed by atoms with van der Waals surface area (Å²) in [6, 6.07) is 13.1. The highest BCUT2D eigenvalue weighted by atomic mass is 35.5. The van der Waals surface area contributed by atoms with Gasteiger partial charge >= 0.3 is 5.97 Å². The van der Waals surface area contributed by atoms with Gasteiger partial charge in [-0.3, -0.25) is 4.79 Å². The van der Waals surface area contributed by atoms with Crippen LogP contribution in [0, 0.1) is 5.82 Å². The number of benzene rings is 2. The third kappa shape index (κ3) is 7.98. The maximum Gasteiger partial charge on any atom is 0.332 e. The van der Waals surface area contributed by atoms with E-state index in [1.807, 2.05) is 24.3 Å². The largest absolute Gasteiger partial charge is 0.479 e. The molecule has 0 amide bonds. The Kier molecular flexibility index (Phi) is 9.78. The van der Waals surface area contributed by atoms with Gasteiger partial charge < -0.3 is 20.2 Å². The van der Waals surface area contributed by atoms with Crippen molar-refractivity contribution in [2.75, 3.05) is 19.6 Å². The summed E-state index contributed by atoms with van der Waals surface area (Å²) in [7, 11) is 0. The van der Waals surface area contributed by atoms with Crippen molar-refractivity contribution in [3.63, 3.8) is 0 Å². The molecule has 0 spiro atoms. The molecule has 3 N–H and O–H groups in total. The third-order valence-electron chi connectivity index (χ3n) is 5.47. The molecule has 3 rings (SSSR count). The minimum atomic E-state index is -1.23. The lowest BCUT2D eigenvalue weighted by molar-refractivity contribution is -0.145. The van der Waals surface area contributed by atoms with Gasteiger partial charge in [0, 0.05) is 30.1 Å². The molecule has 0 radical (unpaired) electrons. The number of aliphatic hydroxyl groups is 2. The normalized spacial score (nSPS) is 16.5. The van der Waals surface area contributed by atoms with Crippen molar-refractivity contribution >= 4 is 23.4 Å². The summed E-state index contributed by atoms with van der Waals surface area (Å²) < 4.78 is 12.9. The van der Waals surface area contributed by atoms with Crippen LogP contribution in [0.4, 0.5) is 4.39 Å². The molecule has 0 aliphatic carbocycles. The highest BCUT2D eigenvalue weighted by Crippen LogP contribution is 2.33. The highest BCUT2D eigenvalue weighted by molar-refractivity contribution is 6.30. The zero-order chi connectivity index (χ0) is 23.7. The van der Waals surface area contributed by atoms with E-state index < -0.39 is 17.7 Å². The number of carboxylic acids is 1. The van der Waals surface area contributed by atoms with Crippen LogP contribution >= 0.6 is 11.6 Å². The maximum atomic E-state index is 12.9. The van der Waals surface area contributed by atoms with Crippen LogP contribution in [0.3, 0.4) is 0 Å². The standard InChI is InChI=1S/C21H23ClFNO2.C3H6O3/c22-18-7-5-17(6-8-18)21(26)11-14-24(15-12-21)13-1-2-20(25)16-3-9-19(23)10-4-16;1-2(4)3(5)6/h3-10,26H,1-2,11-15H2;2,4H,1H3,(H,5,6). The molecule has 32 heavy (non-hydrogen) atoms. The summed E-state index contributed by atoms with van der Waals surface area (Å²) in [6.45, 7) is 3.61. The summed E-state index contributed by atoms with van der Waals surface area (Å²) in [4.78, 5) is 23.9. The Bertz CT molecular complexity index is 878. The first-order valence-corrected chi connectivity index (χ1v) is 10.9. The summed E-state index contributed by atoms with van der Waals surface area (Å²) >= 11 is 5.92. The van der Waals surface area contributed by atoms with E-state index in [1.54, 1.807) is 0 Å². The quantitative estimate of drug-likeness (QED) is 0.537. The predicted molar refractivity (Wildman–Crippen MR) is 120 cm³/mol. The van der Waals surface area contributed by atoms with Gasteiger partial charge in [-0.05, 0) is 74.7 Å². The van der Waals surface area contributed by atoms with E-state index in [4.69, 9.17) is 21.8 Å². The Morgan fingerprint density at radius 3 is 2.12 bits per heavy atom. The number of carboxylic acid groups (broad SMARTS) is 1. The molecule has 6 nitrogen and oxygen atoms in total. The van der Waals surface area contributed by atoms with Crippen LogP contribution in [-0.4, -0.2) is 57.7 Å². The van der Waals surface area contributed by atoms with Crippen LogP contribution in [0.2, 0.25) is 5.02 Å². The maximum absolute atomic E-state index is 12.9. The van der Waals surface area contributed by atoms with Crippen molar-refractivity contribution in [3.8, 4) is 0 Å². The molecule has 0 bridgehead atoms. The second kappa shape index (κ2) is 12.1. The summed E-state index contributed by atoms with van der Waals surface area (Å²) in [5.74, 6) is -1.47. The molecule has 0 aromatic heterocycles. The first-order valence-electron chi connectivity index (χ1n) is 10.5. The number of carbonyl (C=O) groups is 2. The fraction of sp³-hybridized carbons (Fsp3) is 0.417. The van der Waals surface area contributed by atoms with Crippen molar-refractivity contribution in [3.05, 3.63) is 70.5 Å². The lowest BCUT2D eigenvalue weighted by Crippen LogP contribution is -2.42. The summed E-state index contributed by atoms with van der Waals surface area (Å²) in [5.41, 5.74) is 0.667. The number of rotatable bonds is 7. The Morgan fingerprint density at radius 1 is 1.09 bits per heavy atom. The number of aliphatic carboxylic acids is 1. The Labute approximate surface area is 192 Å². The van der Waals surface area contributed by atoms with Crippen LogP contribution in [0.25, 0.3) is 0 Å². The zero-order valence-corrected chi connectivity index (χ0v) is 18.8. The topological polar surface area (TPSA) is 98.1 Å². The first-order chi connectivity index (χ1) is 15.1. The number of nitrogens with zero attached hydrogens (tertiary/aromatic N) is 1. The molecular formula is C24H29ClFNO5. The van der Waals surface area contributed by atoms with E-state index in [-0.39, 0.29) is 11.6 Å². The minimum Gasteiger partial charge on any atom is -0.479 e. The van der Waals surface area contributed by atoms with Crippen LogP contribution in [0.5, 0.6) is 0 Å². The molecule has 1 unspecified atom stereocenters. The van der Waals surface area contributed by atoms with Crippen molar-refractivity contribution in [1.29, 1.82) is 0 Å². The van der Waals surface area contributed by atoms with E-state index in [0.29, 0.717) is 29.8 Å². The molecule has 1 aliphatic heterocycles. The molecule has 1 aliphatic rings. The van der Waals surface area contributed by atoms with Gasteiger partial charge in [0.2, 0.25) is 0 Å². The van der Waals surface area contributed by atoms with E-state index >= 15 is 0 Å². The fourth-order valence-electron chi connectivity index (χ4n) is 3.44. The molecule has 1 atom stereocenters. The summed E-state index contributed by atoms with van der Waals surface area (Å²) in [6.07, 6.45) is 1.31. The Morgan fingerprint density at radius 2 is 1.62 bits per heavy atom. The van der Waals surface area contributed by atoms with Crippen molar-refractivity contribution in [2.24, 2.45) is 0 Å². The van der Waals surface area contributed by atoms with Crippen LogP contribution in [0.1, 0.15) is 48.5 Å². The van der Waals surface area contributed by atoms with Crippen LogP contribution in [0.15, 0.2) is 48.5 Å². The van der Waals surface area contributed by atoms with Gasteiger partial charge in [0.25, 0.3) is 0 Å². The van der Waals surface area contributed by atoms with Gasteiger partial charge in [-0.2, -0.15) is 0 Å². The fourth-order valence-corrected chi connectivity index (χ4v) is 3.56. The summed E-state index contributed by atoms with van der Waals surface area (Å²) in [5, 5.41) is 27.3. The smallest absolute Gasteiger partial charge is 0.332 e. The molecule has 1 heterocycles. The van der Waals surface area contributed by atoms with Gasteiger partial charge in [-0.15, -0.1) is 0 Å². The number of hydrogen-bond acceptors (Lipinski definition) is 5. The number of aliphatic hydroxyl groups excluding tert-OH is 1. The molecule has 0 saturated carbocycles. The molecule has 1 saturated heterocycles. The molecule has 2 aromatic rings. The van der Waals surface area contributed by atoms with Crippen molar-refractivity contribution in [1.82, 2.24) is 4.90 Å². The van der Waals surface area contributed by atoms with Crippen LogP contribution in [-0.2, 0) is 10.4 Å². The van der Waals surface area contributed by atoms with Crippen molar-refractivity contribution in [2.45, 2.75) is 44.3 Å². The van der Waals surface area contributed by atoms with E-state index in [2.05, 4.69) is 4.90 Å². The molecule has 8 heteroatoms. The van der Waals surface area contributed by atoms with Gasteiger partial charge in [0.1, 0.15) is 11.9 Å². The number of halogens is 2. The highest BCUT2D eigenvalue weighted by Gasteiger charge is 2.33. The average molecular weight is 466 g/mol. The SMILES string of the molecule is CC(O)C(=O)O.O=C(CCCN1CCC(O)(c2ccc(Cl)cc2)CC1)c1ccc(F)cc1. The molecule has 174 valence electrons. The number of likely N-dealkylation sites (tertiary alicyclic amines) is 1. The third-order valence-corrected chi connectivity index (χ3v) is 5.72. The molecule has 2 aromatic carbocycles. The molecular weight excluding hydrogens is 437 g/mol. The number of carbonyl (C=O) groups excluding carboxylic acids is 1. The lowest BCUT2D eigenvalue weighted by atomic mass is 9.84. The van der Waals surface area contributed by atoms with Gasteiger partial charge in [0.15, 0.2) is 5.78 Å². The van der Waals surface area contributed by atoms with Crippen molar-refractivity contribution < 1.29 is 29.3 Å². The van der Waals surface area contributed by atoms with Gasteiger partial charge in [-0.25, -0.2) is 9.18 Å². The minimum absolute atomic E-state index is 0.0414. The number of piperidine rings is 1. The monoisotopic (exact) mass is 465 g/mol. The number of ketones is 1. The van der Waals surface area contributed by atoms with Gasteiger partial charge in [-0.1, -0.05) is 23.7 Å². The first kappa shape index (κ1) is 25.9. The van der Waals surface area contributed by atoms with Crippen LogP contribution < -0.4 is 0 Å². The Balaban J connectivity index is 0.000000534. The van der Waals surface area contributed by atoms with E-state index in [1.165, 1.54) is 31.2 Å². The Hall–Kier alpha value is -2.32. The van der Waals surface area contributed by atoms with E-state index in [9.17, 15) is 19.1 Å². The predicted octanol–water partition coefficient (Wildman–Crippen LogP) is 3.88. The lowest BCUT2D eigenvalue weighted by Gasteiger charge is -2.38. The zero-order valence-electron chi connectivity index (χ0n) is 18.0. The second-order valence-electron chi connectivity index (χ2n) is 7.93. The average Bonchev–Trinajstić information content (AvgIpc) is 2.76.